The van der Waals surface area contributed by atoms with Gasteiger partial charge in [0.1, 0.15) is 24.0 Å². The van der Waals surface area contributed by atoms with Gasteiger partial charge in [-0.2, -0.15) is 0 Å². The fourth-order valence-electron chi connectivity index (χ4n) is 2.52. The van der Waals surface area contributed by atoms with Crippen molar-refractivity contribution < 1.29 is 24.1 Å². The Hall–Kier alpha value is -1.08. The molecule has 2 rings (SSSR count). The molecule has 1 aliphatic heterocycles. The van der Waals surface area contributed by atoms with Crippen LogP contribution in [-0.2, 0) is 0 Å². The normalized spacial score (nSPS) is 23.5. The number of hydrogen-bond acceptors (Lipinski definition) is 4. The zero-order valence-corrected chi connectivity index (χ0v) is 10.3. The SMILES string of the molecule is OCC(O)C(O)N1CCC[C@@H]1c1cc(F)ccc1F. The van der Waals surface area contributed by atoms with E-state index in [0.29, 0.717) is 19.4 Å². The highest BCUT2D eigenvalue weighted by Gasteiger charge is 2.35. The molecule has 0 saturated carbocycles. The maximum Gasteiger partial charge on any atom is 0.136 e. The molecule has 4 nitrogen and oxygen atoms in total. The molecule has 1 aromatic rings. The molecule has 106 valence electrons. The van der Waals surface area contributed by atoms with Gasteiger partial charge in [-0.05, 0) is 31.0 Å². The maximum absolute atomic E-state index is 13.8. The average Bonchev–Trinajstić information content (AvgIpc) is 2.88. The van der Waals surface area contributed by atoms with Crippen molar-refractivity contribution >= 4 is 0 Å². The van der Waals surface area contributed by atoms with Gasteiger partial charge in [0.05, 0.1) is 6.61 Å². The van der Waals surface area contributed by atoms with E-state index in [-0.39, 0.29) is 5.56 Å². The summed E-state index contributed by atoms with van der Waals surface area (Å²) in [5.74, 6) is -1.08. The number of benzene rings is 1. The summed E-state index contributed by atoms with van der Waals surface area (Å²) < 4.78 is 27.0. The molecule has 0 aliphatic carbocycles. The second-order valence-electron chi connectivity index (χ2n) is 4.73. The minimum absolute atomic E-state index is 0.168. The van der Waals surface area contributed by atoms with Crippen molar-refractivity contribution in [1.82, 2.24) is 4.90 Å². The van der Waals surface area contributed by atoms with Crippen LogP contribution in [0.5, 0.6) is 0 Å². The summed E-state index contributed by atoms with van der Waals surface area (Å²) in [6.07, 6.45) is -1.34. The molecule has 2 unspecified atom stereocenters. The van der Waals surface area contributed by atoms with Crippen molar-refractivity contribution in [3.63, 3.8) is 0 Å². The standard InChI is InChI=1S/C13H17F2NO3/c14-8-3-4-10(15)9(6-8)11-2-1-5-16(11)13(19)12(18)7-17/h3-4,6,11-13,17-19H,1-2,5,7H2/t11-,12?,13?/m1/s1. The Labute approximate surface area is 109 Å². The summed E-state index contributed by atoms with van der Waals surface area (Å²) in [4.78, 5) is 1.48. The first-order valence-corrected chi connectivity index (χ1v) is 6.22. The highest BCUT2D eigenvalue weighted by Crippen LogP contribution is 2.35. The van der Waals surface area contributed by atoms with Crippen LogP contribution in [-0.4, -0.2) is 45.7 Å². The van der Waals surface area contributed by atoms with Gasteiger partial charge in [-0.1, -0.05) is 0 Å². The summed E-state index contributed by atoms with van der Waals surface area (Å²) in [6.45, 7) is -0.130. The van der Waals surface area contributed by atoms with Crippen LogP contribution in [0, 0.1) is 11.6 Å². The third kappa shape index (κ3) is 2.92. The minimum Gasteiger partial charge on any atom is -0.394 e. The smallest absolute Gasteiger partial charge is 0.136 e. The molecular weight excluding hydrogens is 256 g/mol. The van der Waals surface area contributed by atoms with E-state index in [1.165, 1.54) is 4.90 Å². The number of hydrogen-bond donors (Lipinski definition) is 3. The third-order valence-corrected chi connectivity index (χ3v) is 3.48. The Bertz CT molecular complexity index is 444. The molecule has 0 aromatic heterocycles. The van der Waals surface area contributed by atoms with Crippen LogP contribution in [0.4, 0.5) is 8.78 Å². The van der Waals surface area contributed by atoms with Gasteiger partial charge in [0.2, 0.25) is 0 Å². The summed E-state index contributed by atoms with van der Waals surface area (Å²) >= 11 is 0. The summed E-state index contributed by atoms with van der Waals surface area (Å²) in [5, 5.41) is 28.2. The lowest BCUT2D eigenvalue weighted by molar-refractivity contribution is -0.105. The predicted octanol–water partition coefficient (Wildman–Crippen LogP) is 0.773. The van der Waals surface area contributed by atoms with Crippen LogP contribution in [0.15, 0.2) is 18.2 Å². The molecule has 1 fully saturated rings. The van der Waals surface area contributed by atoms with Crippen LogP contribution in [0.2, 0.25) is 0 Å². The Balaban J connectivity index is 2.25. The van der Waals surface area contributed by atoms with Gasteiger partial charge in [0.15, 0.2) is 0 Å². The third-order valence-electron chi connectivity index (χ3n) is 3.48. The van der Waals surface area contributed by atoms with Gasteiger partial charge in [0, 0.05) is 18.2 Å². The van der Waals surface area contributed by atoms with E-state index in [0.717, 1.165) is 18.2 Å². The molecule has 6 heteroatoms. The molecule has 0 spiro atoms. The number of halogens is 2. The summed E-state index contributed by atoms with van der Waals surface area (Å²) in [6, 6.07) is 2.70. The van der Waals surface area contributed by atoms with E-state index in [9.17, 15) is 19.0 Å². The Kier molecular flexibility index (Phi) is 4.46. The van der Waals surface area contributed by atoms with Crippen molar-refractivity contribution in [1.29, 1.82) is 0 Å². The van der Waals surface area contributed by atoms with Gasteiger partial charge >= 0.3 is 0 Å². The monoisotopic (exact) mass is 273 g/mol. The minimum atomic E-state index is -1.32. The number of aliphatic hydroxyl groups is 3. The number of rotatable bonds is 4. The van der Waals surface area contributed by atoms with E-state index in [1.807, 2.05) is 0 Å². The molecular formula is C13H17F2NO3. The van der Waals surface area contributed by atoms with E-state index in [1.54, 1.807) is 0 Å². The van der Waals surface area contributed by atoms with Gasteiger partial charge in [0.25, 0.3) is 0 Å². The zero-order valence-electron chi connectivity index (χ0n) is 10.3. The quantitative estimate of drug-likeness (QED) is 0.758. The fourth-order valence-corrected chi connectivity index (χ4v) is 2.52. The van der Waals surface area contributed by atoms with Crippen molar-refractivity contribution in [2.45, 2.75) is 31.2 Å². The second kappa shape index (κ2) is 5.92. The lowest BCUT2D eigenvalue weighted by Gasteiger charge is -2.32. The molecule has 1 aliphatic rings. The number of likely N-dealkylation sites (tertiary alicyclic amines) is 1. The molecule has 0 radical (unpaired) electrons. The predicted molar refractivity (Wildman–Crippen MR) is 64.1 cm³/mol. The van der Waals surface area contributed by atoms with Gasteiger partial charge in [-0.15, -0.1) is 0 Å². The lowest BCUT2D eigenvalue weighted by atomic mass is 10.0. The van der Waals surface area contributed by atoms with Crippen molar-refractivity contribution in [2.75, 3.05) is 13.2 Å². The highest BCUT2D eigenvalue weighted by molar-refractivity contribution is 5.23. The van der Waals surface area contributed by atoms with Gasteiger partial charge < -0.3 is 15.3 Å². The van der Waals surface area contributed by atoms with E-state index < -0.39 is 36.6 Å². The first-order chi connectivity index (χ1) is 9.04. The Morgan fingerprint density at radius 2 is 2.05 bits per heavy atom. The second-order valence-corrected chi connectivity index (χ2v) is 4.73. The van der Waals surface area contributed by atoms with Crippen LogP contribution >= 0.6 is 0 Å². The topological polar surface area (TPSA) is 63.9 Å². The Morgan fingerprint density at radius 1 is 1.32 bits per heavy atom. The molecule has 1 heterocycles. The van der Waals surface area contributed by atoms with Crippen LogP contribution in [0.25, 0.3) is 0 Å². The zero-order chi connectivity index (χ0) is 14.0. The van der Waals surface area contributed by atoms with E-state index >= 15 is 0 Å². The van der Waals surface area contributed by atoms with Crippen molar-refractivity contribution in [3.05, 3.63) is 35.4 Å². The molecule has 1 saturated heterocycles. The highest BCUT2D eigenvalue weighted by atomic mass is 19.1. The maximum atomic E-state index is 13.8. The number of nitrogens with zero attached hydrogens (tertiary/aromatic N) is 1. The summed E-state index contributed by atoms with van der Waals surface area (Å²) in [7, 11) is 0. The first-order valence-electron chi connectivity index (χ1n) is 6.22. The molecule has 0 amide bonds. The lowest BCUT2D eigenvalue weighted by Crippen LogP contribution is -2.44. The average molecular weight is 273 g/mol. The van der Waals surface area contributed by atoms with Crippen molar-refractivity contribution in [3.8, 4) is 0 Å². The van der Waals surface area contributed by atoms with E-state index in [2.05, 4.69) is 0 Å². The van der Waals surface area contributed by atoms with Crippen LogP contribution < -0.4 is 0 Å². The van der Waals surface area contributed by atoms with Crippen molar-refractivity contribution in [2.24, 2.45) is 0 Å². The molecule has 3 atom stereocenters. The van der Waals surface area contributed by atoms with Crippen LogP contribution in [0.1, 0.15) is 24.4 Å². The largest absolute Gasteiger partial charge is 0.394 e. The Morgan fingerprint density at radius 3 is 2.74 bits per heavy atom. The van der Waals surface area contributed by atoms with Crippen LogP contribution in [0.3, 0.4) is 0 Å². The first kappa shape index (κ1) is 14.3. The molecule has 0 bridgehead atoms. The van der Waals surface area contributed by atoms with Gasteiger partial charge in [-0.25, -0.2) is 8.78 Å². The molecule has 19 heavy (non-hydrogen) atoms. The summed E-state index contributed by atoms with van der Waals surface area (Å²) in [5.41, 5.74) is 0.168. The molecule has 1 aromatic carbocycles. The van der Waals surface area contributed by atoms with E-state index in [4.69, 9.17) is 5.11 Å². The molecule has 3 N–H and O–H groups in total. The number of aliphatic hydroxyl groups excluding tert-OH is 3. The fraction of sp³-hybridized carbons (Fsp3) is 0.538. The van der Waals surface area contributed by atoms with Gasteiger partial charge in [-0.3, -0.25) is 4.90 Å².